The van der Waals surface area contributed by atoms with E-state index >= 15 is 0 Å². The maximum absolute atomic E-state index is 13.2. The molecule has 0 aliphatic carbocycles. The fourth-order valence-corrected chi connectivity index (χ4v) is 1.71. The lowest BCUT2D eigenvalue weighted by Gasteiger charge is -2.23. The topological polar surface area (TPSA) is 58.6 Å². The second-order valence-corrected chi connectivity index (χ2v) is 5.70. The Labute approximate surface area is 128 Å². The summed E-state index contributed by atoms with van der Waals surface area (Å²) in [5, 5.41) is 2.50. The van der Waals surface area contributed by atoms with Crippen molar-refractivity contribution < 1.29 is 23.1 Å². The highest BCUT2D eigenvalue weighted by atomic mass is 19.2. The Morgan fingerprint density at radius 2 is 1.86 bits per heavy atom. The Hall–Kier alpha value is -2.18. The van der Waals surface area contributed by atoms with Gasteiger partial charge >= 0.3 is 6.09 Å². The highest BCUT2D eigenvalue weighted by Crippen LogP contribution is 2.18. The molecular weight excluding hydrogens is 294 g/mol. The van der Waals surface area contributed by atoms with Gasteiger partial charge in [0.1, 0.15) is 5.60 Å². The van der Waals surface area contributed by atoms with Crippen LogP contribution >= 0.6 is 0 Å². The number of alkyl carbamates (subject to hydrolysis) is 1. The average molecular weight is 314 g/mol. The van der Waals surface area contributed by atoms with Crippen molar-refractivity contribution in [3.8, 4) is 0 Å². The number of benzene rings is 1. The van der Waals surface area contributed by atoms with Gasteiger partial charge in [0.2, 0.25) is 5.91 Å². The average Bonchev–Trinajstić information content (AvgIpc) is 2.35. The summed E-state index contributed by atoms with van der Waals surface area (Å²) in [6.45, 7) is 6.73. The molecule has 1 aromatic rings. The first-order chi connectivity index (χ1) is 10.1. The van der Waals surface area contributed by atoms with Crippen molar-refractivity contribution in [3.05, 3.63) is 29.8 Å². The van der Waals surface area contributed by atoms with Crippen LogP contribution in [0.1, 0.15) is 27.7 Å². The van der Waals surface area contributed by atoms with Gasteiger partial charge in [-0.3, -0.25) is 4.79 Å². The molecule has 1 aromatic carbocycles. The van der Waals surface area contributed by atoms with E-state index in [0.29, 0.717) is 0 Å². The van der Waals surface area contributed by atoms with E-state index in [2.05, 4.69) is 5.32 Å². The van der Waals surface area contributed by atoms with Crippen molar-refractivity contribution in [1.82, 2.24) is 5.32 Å². The van der Waals surface area contributed by atoms with Crippen LogP contribution < -0.4 is 10.2 Å². The molecule has 22 heavy (non-hydrogen) atoms. The number of hydrogen-bond donors (Lipinski definition) is 1. The zero-order valence-electron chi connectivity index (χ0n) is 13.1. The molecule has 2 amide bonds. The summed E-state index contributed by atoms with van der Waals surface area (Å²) >= 11 is 0. The maximum Gasteiger partial charge on any atom is 0.407 e. The van der Waals surface area contributed by atoms with Crippen LogP contribution in [0.5, 0.6) is 0 Å². The van der Waals surface area contributed by atoms with Crippen molar-refractivity contribution in [1.29, 1.82) is 0 Å². The van der Waals surface area contributed by atoms with Gasteiger partial charge in [0, 0.05) is 31.8 Å². The summed E-state index contributed by atoms with van der Waals surface area (Å²) in [7, 11) is 0. The molecule has 0 fully saturated rings. The Morgan fingerprint density at radius 3 is 2.36 bits per heavy atom. The lowest BCUT2D eigenvalue weighted by molar-refractivity contribution is -0.116. The molecule has 0 unspecified atom stereocenters. The normalized spacial score (nSPS) is 11.0. The van der Waals surface area contributed by atoms with Crippen molar-refractivity contribution in [2.24, 2.45) is 0 Å². The van der Waals surface area contributed by atoms with Gasteiger partial charge in [0.25, 0.3) is 0 Å². The molecule has 0 heterocycles. The van der Waals surface area contributed by atoms with Crippen LogP contribution in [0.4, 0.5) is 19.3 Å². The summed E-state index contributed by atoms with van der Waals surface area (Å²) in [6, 6.07) is 3.18. The second kappa shape index (κ2) is 7.20. The van der Waals surface area contributed by atoms with Crippen molar-refractivity contribution in [2.45, 2.75) is 33.3 Å². The van der Waals surface area contributed by atoms with Crippen molar-refractivity contribution in [2.75, 3.05) is 18.0 Å². The third-order valence-corrected chi connectivity index (χ3v) is 2.60. The Morgan fingerprint density at radius 1 is 1.23 bits per heavy atom. The monoisotopic (exact) mass is 314 g/mol. The van der Waals surface area contributed by atoms with E-state index in [1.165, 1.54) is 17.9 Å². The number of anilines is 1. The molecule has 0 spiro atoms. The van der Waals surface area contributed by atoms with E-state index in [4.69, 9.17) is 4.74 Å². The van der Waals surface area contributed by atoms with Gasteiger partial charge in [0.15, 0.2) is 11.6 Å². The highest BCUT2D eigenvalue weighted by Gasteiger charge is 2.17. The summed E-state index contributed by atoms with van der Waals surface area (Å²) in [4.78, 5) is 24.3. The smallest absolute Gasteiger partial charge is 0.407 e. The maximum atomic E-state index is 13.2. The molecule has 1 N–H and O–H groups in total. The Bertz CT molecular complexity index is 556. The number of nitrogens with zero attached hydrogens (tertiary/aromatic N) is 1. The standard InChI is InChI=1S/C15H20F2N2O3/c1-10(20)19(11-5-6-12(16)13(17)9-11)8-7-18-14(21)22-15(2,3)4/h5-6,9H,7-8H2,1-4H3,(H,18,21). The highest BCUT2D eigenvalue weighted by molar-refractivity contribution is 5.91. The molecule has 7 heteroatoms. The molecule has 0 bridgehead atoms. The summed E-state index contributed by atoms with van der Waals surface area (Å²) < 4.78 is 31.2. The molecule has 5 nitrogen and oxygen atoms in total. The zero-order valence-corrected chi connectivity index (χ0v) is 13.1. The van der Waals surface area contributed by atoms with Gasteiger partial charge < -0.3 is 15.0 Å². The summed E-state index contributed by atoms with van der Waals surface area (Å²) in [5.41, 5.74) is -0.401. The van der Waals surface area contributed by atoms with Crippen LogP contribution in [0.25, 0.3) is 0 Å². The van der Waals surface area contributed by atoms with Crippen molar-refractivity contribution >= 4 is 17.7 Å². The van der Waals surface area contributed by atoms with E-state index in [1.54, 1.807) is 20.8 Å². The molecule has 0 aliphatic heterocycles. The summed E-state index contributed by atoms with van der Waals surface area (Å²) in [5.74, 6) is -2.38. The van der Waals surface area contributed by atoms with Crippen LogP contribution in [-0.4, -0.2) is 30.7 Å². The number of rotatable bonds is 4. The quantitative estimate of drug-likeness (QED) is 0.929. The lowest BCUT2D eigenvalue weighted by Crippen LogP contribution is -2.39. The third-order valence-electron chi connectivity index (χ3n) is 2.60. The fraction of sp³-hybridized carbons (Fsp3) is 0.467. The van der Waals surface area contributed by atoms with Crippen LogP contribution in [0.15, 0.2) is 18.2 Å². The molecule has 0 radical (unpaired) electrons. The number of carbonyl (C=O) groups is 2. The third kappa shape index (κ3) is 5.67. The molecule has 0 saturated heterocycles. The minimum Gasteiger partial charge on any atom is -0.444 e. The van der Waals surface area contributed by atoms with Crippen LogP contribution in [0.3, 0.4) is 0 Å². The number of amides is 2. The molecule has 1 rings (SSSR count). The Balaban J connectivity index is 2.64. The minimum absolute atomic E-state index is 0.111. The van der Waals surface area contributed by atoms with E-state index in [9.17, 15) is 18.4 Å². The lowest BCUT2D eigenvalue weighted by atomic mass is 10.2. The Kier molecular flexibility index (Phi) is 5.84. The fourth-order valence-electron chi connectivity index (χ4n) is 1.71. The largest absolute Gasteiger partial charge is 0.444 e. The van der Waals surface area contributed by atoms with Crippen LogP contribution in [0, 0.1) is 11.6 Å². The van der Waals surface area contributed by atoms with E-state index < -0.39 is 23.3 Å². The first-order valence-electron chi connectivity index (χ1n) is 6.80. The van der Waals surface area contributed by atoms with Crippen LogP contribution in [-0.2, 0) is 9.53 Å². The molecule has 0 aromatic heterocycles. The van der Waals surface area contributed by atoms with E-state index in [0.717, 1.165) is 12.1 Å². The molecule has 122 valence electrons. The van der Waals surface area contributed by atoms with Gasteiger partial charge in [-0.05, 0) is 32.9 Å². The number of hydrogen-bond acceptors (Lipinski definition) is 3. The van der Waals surface area contributed by atoms with Crippen LogP contribution in [0.2, 0.25) is 0 Å². The SMILES string of the molecule is CC(=O)N(CCNC(=O)OC(C)(C)C)c1ccc(F)c(F)c1. The van der Waals surface area contributed by atoms with Gasteiger partial charge in [-0.25, -0.2) is 13.6 Å². The first-order valence-corrected chi connectivity index (χ1v) is 6.80. The van der Waals surface area contributed by atoms with Gasteiger partial charge in [-0.1, -0.05) is 0 Å². The number of halogens is 2. The predicted molar refractivity (Wildman–Crippen MR) is 78.6 cm³/mol. The van der Waals surface area contributed by atoms with Crippen molar-refractivity contribution in [3.63, 3.8) is 0 Å². The van der Waals surface area contributed by atoms with Gasteiger partial charge in [-0.15, -0.1) is 0 Å². The van der Waals surface area contributed by atoms with E-state index in [1.807, 2.05) is 0 Å². The number of ether oxygens (including phenoxy) is 1. The first kappa shape index (κ1) is 17.9. The van der Waals surface area contributed by atoms with E-state index in [-0.39, 0.29) is 24.7 Å². The molecule has 0 saturated carbocycles. The van der Waals surface area contributed by atoms with Gasteiger partial charge in [0.05, 0.1) is 0 Å². The zero-order chi connectivity index (χ0) is 16.9. The molecule has 0 aliphatic rings. The molecular formula is C15H20F2N2O3. The van der Waals surface area contributed by atoms with Gasteiger partial charge in [-0.2, -0.15) is 0 Å². The minimum atomic E-state index is -1.04. The number of nitrogens with one attached hydrogen (secondary N) is 1. The predicted octanol–water partition coefficient (Wildman–Crippen LogP) is 2.84. The second-order valence-electron chi connectivity index (χ2n) is 5.70. The molecule has 0 atom stereocenters. The number of carbonyl (C=O) groups excluding carboxylic acids is 2. The summed E-state index contributed by atoms with van der Waals surface area (Å²) in [6.07, 6.45) is -0.610.